The normalized spacial score (nSPS) is 11.9. The third-order valence-corrected chi connectivity index (χ3v) is 3.77. The van der Waals surface area contributed by atoms with E-state index in [1.165, 1.54) is 0 Å². The van der Waals surface area contributed by atoms with Crippen LogP contribution >= 0.6 is 0 Å². The van der Waals surface area contributed by atoms with Gasteiger partial charge in [0.25, 0.3) is 0 Å². The maximum Gasteiger partial charge on any atom is 0.308 e. The van der Waals surface area contributed by atoms with Gasteiger partial charge in [0.1, 0.15) is 5.76 Å². The SMILES string of the molecule is CCCC(CNC(=O)Cc1nc(-c2ccccc2)oc1C)C(=O)O. The fraction of sp³-hybridized carbons (Fsp3) is 0.389. The summed E-state index contributed by atoms with van der Waals surface area (Å²) in [5, 5.41) is 11.8. The Morgan fingerprint density at radius 1 is 1.29 bits per heavy atom. The van der Waals surface area contributed by atoms with Gasteiger partial charge in [-0.25, -0.2) is 4.98 Å². The van der Waals surface area contributed by atoms with Crippen LogP contribution in [0.15, 0.2) is 34.7 Å². The van der Waals surface area contributed by atoms with E-state index in [2.05, 4.69) is 10.3 Å². The summed E-state index contributed by atoms with van der Waals surface area (Å²) in [6.07, 6.45) is 1.37. The lowest BCUT2D eigenvalue weighted by atomic mass is 10.0. The minimum atomic E-state index is -0.888. The van der Waals surface area contributed by atoms with Gasteiger partial charge in [0.2, 0.25) is 11.8 Å². The number of amides is 1. The van der Waals surface area contributed by atoms with Crippen LogP contribution in [-0.2, 0) is 16.0 Å². The summed E-state index contributed by atoms with van der Waals surface area (Å²) in [5.41, 5.74) is 1.41. The average Bonchev–Trinajstić information content (AvgIpc) is 2.93. The first kappa shape index (κ1) is 17.7. The van der Waals surface area contributed by atoms with Crippen LogP contribution in [0.5, 0.6) is 0 Å². The van der Waals surface area contributed by atoms with Crippen LogP contribution in [0.1, 0.15) is 31.2 Å². The molecule has 0 aliphatic carbocycles. The van der Waals surface area contributed by atoms with Crippen molar-refractivity contribution < 1.29 is 19.1 Å². The number of nitrogens with one attached hydrogen (secondary N) is 1. The molecular weight excluding hydrogens is 308 g/mol. The summed E-state index contributed by atoms with van der Waals surface area (Å²) in [6.45, 7) is 3.81. The van der Waals surface area contributed by atoms with Crippen LogP contribution in [-0.4, -0.2) is 28.5 Å². The fourth-order valence-corrected chi connectivity index (χ4v) is 2.41. The fourth-order valence-electron chi connectivity index (χ4n) is 2.41. The van der Waals surface area contributed by atoms with Gasteiger partial charge in [0.05, 0.1) is 18.0 Å². The molecule has 1 aromatic carbocycles. The van der Waals surface area contributed by atoms with Crippen molar-refractivity contribution in [3.8, 4) is 11.5 Å². The summed E-state index contributed by atoms with van der Waals surface area (Å²) < 4.78 is 5.62. The van der Waals surface area contributed by atoms with E-state index in [1.807, 2.05) is 37.3 Å². The van der Waals surface area contributed by atoms with Crippen LogP contribution in [0.2, 0.25) is 0 Å². The number of carbonyl (C=O) groups is 2. The first-order chi connectivity index (χ1) is 11.5. The molecule has 0 bridgehead atoms. The van der Waals surface area contributed by atoms with E-state index in [1.54, 1.807) is 6.92 Å². The number of rotatable bonds is 8. The third-order valence-electron chi connectivity index (χ3n) is 3.77. The first-order valence-corrected chi connectivity index (χ1v) is 8.02. The van der Waals surface area contributed by atoms with E-state index in [9.17, 15) is 9.59 Å². The van der Waals surface area contributed by atoms with E-state index in [0.29, 0.717) is 23.8 Å². The highest BCUT2D eigenvalue weighted by atomic mass is 16.4. The van der Waals surface area contributed by atoms with Gasteiger partial charge in [-0.05, 0) is 25.5 Å². The monoisotopic (exact) mass is 330 g/mol. The van der Waals surface area contributed by atoms with Gasteiger partial charge < -0.3 is 14.8 Å². The standard InChI is InChI=1S/C18H22N2O4/c1-3-7-14(18(22)23)11-19-16(21)10-15-12(2)24-17(20-15)13-8-5-4-6-9-13/h4-6,8-9,14H,3,7,10-11H2,1-2H3,(H,19,21)(H,22,23). The van der Waals surface area contributed by atoms with Gasteiger partial charge in [-0.2, -0.15) is 0 Å². The zero-order chi connectivity index (χ0) is 17.5. The molecule has 1 unspecified atom stereocenters. The zero-order valence-corrected chi connectivity index (χ0v) is 13.9. The van der Waals surface area contributed by atoms with E-state index >= 15 is 0 Å². The Kier molecular flexibility index (Phi) is 6.12. The topological polar surface area (TPSA) is 92.4 Å². The number of oxazole rings is 1. The minimum absolute atomic E-state index is 0.0701. The number of aromatic nitrogens is 1. The molecular formula is C18H22N2O4. The average molecular weight is 330 g/mol. The smallest absolute Gasteiger partial charge is 0.308 e. The quantitative estimate of drug-likeness (QED) is 0.776. The van der Waals surface area contributed by atoms with Gasteiger partial charge in [-0.1, -0.05) is 31.5 Å². The molecule has 1 atom stereocenters. The molecule has 1 heterocycles. The predicted octanol–water partition coefficient (Wildman–Crippen LogP) is 2.81. The maximum absolute atomic E-state index is 12.1. The summed E-state index contributed by atoms with van der Waals surface area (Å²) in [6, 6.07) is 9.46. The lowest BCUT2D eigenvalue weighted by Crippen LogP contribution is -2.34. The molecule has 0 radical (unpaired) electrons. The summed E-state index contributed by atoms with van der Waals surface area (Å²) >= 11 is 0. The third kappa shape index (κ3) is 4.68. The molecule has 6 nitrogen and oxygen atoms in total. The maximum atomic E-state index is 12.1. The molecule has 0 aliphatic heterocycles. The number of hydrogen-bond donors (Lipinski definition) is 2. The van der Waals surface area contributed by atoms with Gasteiger partial charge in [-0.15, -0.1) is 0 Å². The molecule has 2 rings (SSSR count). The van der Waals surface area contributed by atoms with Gasteiger partial charge in [0, 0.05) is 12.1 Å². The Bertz CT molecular complexity index is 694. The molecule has 128 valence electrons. The molecule has 6 heteroatoms. The van der Waals surface area contributed by atoms with Crippen molar-refractivity contribution in [2.24, 2.45) is 5.92 Å². The number of aliphatic carboxylic acids is 1. The van der Waals surface area contributed by atoms with Crippen LogP contribution in [0.25, 0.3) is 11.5 Å². The molecule has 1 amide bonds. The van der Waals surface area contributed by atoms with Crippen molar-refractivity contribution >= 4 is 11.9 Å². The highest BCUT2D eigenvalue weighted by Crippen LogP contribution is 2.21. The lowest BCUT2D eigenvalue weighted by molar-refractivity contribution is -0.141. The second kappa shape index (κ2) is 8.29. The van der Waals surface area contributed by atoms with E-state index < -0.39 is 11.9 Å². The molecule has 24 heavy (non-hydrogen) atoms. The van der Waals surface area contributed by atoms with Crippen molar-refractivity contribution in [1.29, 1.82) is 0 Å². The van der Waals surface area contributed by atoms with Gasteiger partial charge in [-0.3, -0.25) is 9.59 Å². The van der Waals surface area contributed by atoms with Crippen molar-refractivity contribution in [3.05, 3.63) is 41.8 Å². The summed E-state index contributed by atoms with van der Waals surface area (Å²) in [5.74, 6) is -0.635. The number of nitrogens with zero attached hydrogens (tertiary/aromatic N) is 1. The molecule has 0 fully saturated rings. The minimum Gasteiger partial charge on any atom is -0.481 e. The van der Waals surface area contributed by atoms with Crippen molar-refractivity contribution in [2.75, 3.05) is 6.54 Å². The number of carbonyl (C=O) groups excluding carboxylic acids is 1. The number of benzene rings is 1. The molecule has 0 spiro atoms. The molecule has 0 saturated heterocycles. The predicted molar refractivity (Wildman–Crippen MR) is 89.4 cm³/mol. The van der Waals surface area contributed by atoms with Crippen LogP contribution in [0.4, 0.5) is 0 Å². The van der Waals surface area contributed by atoms with Crippen LogP contribution in [0, 0.1) is 12.8 Å². The molecule has 1 aromatic heterocycles. The zero-order valence-electron chi connectivity index (χ0n) is 13.9. The highest BCUT2D eigenvalue weighted by molar-refractivity contribution is 5.79. The van der Waals surface area contributed by atoms with E-state index in [0.717, 1.165) is 12.0 Å². The summed E-state index contributed by atoms with van der Waals surface area (Å²) in [4.78, 5) is 27.5. The number of hydrogen-bond acceptors (Lipinski definition) is 4. The van der Waals surface area contributed by atoms with Crippen LogP contribution in [0.3, 0.4) is 0 Å². The Labute approximate surface area is 140 Å². The Hall–Kier alpha value is -2.63. The number of aryl methyl sites for hydroxylation is 1. The first-order valence-electron chi connectivity index (χ1n) is 8.02. The van der Waals surface area contributed by atoms with Crippen molar-refractivity contribution in [3.63, 3.8) is 0 Å². The largest absolute Gasteiger partial charge is 0.481 e. The van der Waals surface area contributed by atoms with Gasteiger partial charge >= 0.3 is 5.97 Å². The van der Waals surface area contributed by atoms with Gasteiger partial charge in [0.15, 0.2) is 0 Å². The summed E-state index contributed by atoms with van der Waals surface area (Å²) in [7, 11) is 0. The Morgan fingerprint density at radius 3 is 2.62 bits per heavy atom. The van der Waals surface area contributed by atoms with Crippen LogP contribution < -0.4 is 5.32 Å². The number of carboxylic acid groups (broad SMARTS) is 1. The number of carboxylic acids is 1. The molecule has 0 aliphatic rings. The second-order valence-electron chi connectivity index (χ2n) is 5.69. The second-order valence-corrected chi connectivity index (χ2v) is 5.69. The van der Waals surface area contributed by atoms with E-state index in [4.69, 9.17) is 9.52 Å². The molecule has 0 saturated carbocycles. The van der Waals surface area contributed by atoms with E-state index in [-0.39, 0.29) is 18.9 Å². The molecule has 2 aromatic rings. The molecule has 2 N–H and O–H groups in total. The van der Waals surface area contributed by atoms with Crippen molar-refractivity contribution in [1.82, 2.24) is 10.3 Å². The van der Waals surface area contributed by atoms with Crippen molar-refractivity contribution in [2.45, 2.75) is 33.1 Å². The Morgan fingerprint density at radius 2 is 2.00 bits per heavy atom. The highest BCUT2D eigenvalue weighted by Gasteiger charge is 2.19. The lowest BCUT2D eigenvalue weighted by Gasteiger charge is -2.11. The Balaban J connectivity index is 1.97.